The van der Waals surface area contributed by atoms with Crippen molar-refractivity contribution in [3.63, 3.8) is 0 Å². The zero-order chi connectivity index (χ0) is 11.5. The molecule has 1 aromatic rings. The van der Waals surface area contributed by atoms with Crippen LogP contribution >= 0.6 is 11.6 Å². The van der Waals surface area contributed by atoms with Crippen molar-refractivity contribution in [2.75, 3.05) is 20.2 Å². The first-order chi connectivity index (χ1) is 7.70. The maximum atomic E-state index is 6.12. The lowest BCUT2D eigenvalue weighted by atomic mass is 9.98. The molecule has 1 aliphatic heterocycles. The van der Waals surface area contributed by atoms with E-state index in [1.165, 1.54) is 11.1 Å². The molecule has 0 aliphatic carbocycles. The van der Waals surface area contributed by atoms with E-state index in [0.717, 1.165) is 36.8 Å². The van der Waals surface area contributed by atoms with Gasteiger partial charge < -0.3 is 10.1 Å². The van der Waals surface area contributed by atoms with Crippen molar-refractivity contribution >= 4 is 11.6 Å². The van der Waals surface area contributed by atoms with E-state index in [4.69, 9.17) is 16.3 Å². The van der Waals surface area contributed by atoms with Gasteiger partial charge in [0.15, 0.2) is 0 Å². The van der Waals surface area contributed by atoms with Crippen molar-refractivity contribution in [3.8, 4) is 5.75 Å². The molecule has 1 N–H and O–H groups in total. The zero-order valence-corrected chi connectivity index (χ0v) is 10.6. The Morgan fingerprint density at radius 1 is 1.50 bits per heavy atom. The maximum Gasteiger partial charge on any atom is 0.125 e. The monoisotopic (exact) mass is 239 g/mol. The number of fused-ring (bicyclic) bond motifs is 1. The normalized spacial score (nSPS) is 15.7. The molecule has 1 heterocycles. The van der Waals surface area contributed by atoms with E-state index >= 15 is 0 Å². The Bertz CT molecular complexity index is 378. The molecule has 0 radical (unpaired) electrons. The number of halogens is 1. The molecule has 0 aromatic heterocycles. The van der Waals surface area contributed by atoms with Crippen LogP contribution in [0, 0.1) is 5.92 Å². The van der Waals surface area contributed by atoms with E-state index in [-0.39, 0.29) is 0 Å². The lowest BCUT2D eigenvalue weighted by molar-refractivity contribution is 0.351. The van der Waals surface area contributed by atoms with Crippen LogP contribution in [0.15, 0.2) is 12.1 Å². The topological polar surface area (TPSA) is 21.3 Å². The second kappa shape index (κ2) is 5.07. The van der Waals surface area contributed by atoms with Crippen LogP contribution in [0.25, 0.3) is 0 Å². The fraction of sp³-hybridized carbons (Fsp3) is 0.538. The fourth-order valence-electron chi connectivity index (χ4n) is 2.29. The first-order valence-electron chi connectivity index (χ1n) is 5.79. The Kier molecular flexibility index (Phi) is 3.72. The SMILES string of the molecule is CNCC(C)Cc1cc(Cl)cc2c1OCC2. The van der Waals surface area contributed by atoms with Gasteiger partial charge in [0.05, 0.1) is 6.61 Å². The molecule has 0 fully saturated rings. The highest BCUT2D eigenvalue weighted by Crippen LogP contribution is 2.34. The Labute approximate surface area is 102 Å². The molecule has 1 unspecified atom stereocenters. The molecule has 1 aromatic carbocycles. The second-order valence-electron chi connectivity index (χ2n) is 4.52. The highest BCUT2D eigenvalue weighted by Gasteiger charge is 2.18. The number of hydrogen-bond acceptors (Lipinski definition) is 2. The standard InChI is InChI=1S/C13H18ClNO/c1-9(8-15-2)5-11-7-12(14)6-10-3-4-16-13(10)11/h6-7,9,15H,3-5,8H2,1-2H3. The highest BCUT2D eigenvalue weighted by molar-refractivity contribution is 6.30. The predicted molar refractivity (Wildman–Crippen MR) is 67.4 cm³/mol. The molecule has 0 saturated heterocycles. The number of benzene rings is 1. The van der Waals surface area contributed by atoms with E-state index in [9.17, 15) is 0 Å². The van der Waals surface area contributed by atoms with E-state index in [1.807, 2.05) is 19.2 Å². The van der Waals surface area contributed by atoms with E-state index in [2.05, 4.69) is 12.2 Å². The Morgan fingerprint density at radius 3 is 3.06 bits per heavy atom. The third-order valence-corrected chi connectivity index (χ3v) is 3.16. The van der Waals surface area contributed by atoms with Crippen molar-refractivity contribution in [2.45, 2.75) is 19.8 Å². The smallest absolute Gasteiger partial charge is 0.125 e. The molecule has 0 bridgehead atoms. The molecule has 16 heavy (non-hydrogen) atoms. The van der Waals surface area contributed by atoms with Gasteiger partial charge in [-0.15, -0.1) is 0 Å². The Balaban J connectivity index is 2.20. The summed E-state index contributed by atoms with van der Waals surface area (Å²) in [6, 6.07) is 4.06. The van der Waals surface area contributed by atoms with Gasteiger partial charge in [-0.05, 0) is 49.2 Å². The van der Waals surface area contributed by atoms with Gasteiger partial charge in [0, 0.05) is 11.4 Å². The van der Waals surface area contributed by atoms with Crippen LogP contribution in [-0.4, -0.2) is 20.2 Å². The van der Waals surface area contributed by atoms with Crippen LogP contribution in [0.5, 0.6) is 5.75 Å². The van der Waals surface area contributed by atoms with Crippen LogP contribution in [0.1, 0.15) is 18.1 Å². The van der Waals surface area contributed by atoms with Crippen molar-refractivity contribution in [3.05, 3.63) is 28.3 Å². The molecular formula is C13H18ClNO. The average Bonchev–Trinajstić information content (AvgIpc) is 2.65. The Hall–Kier alpha value is -0.730. The number of ether oxygens (including phenoxy) is 1. The first kappa shape index (κ1) is 11.7. The number of hydrogen-bond donors (Lipinski definition) is 1. The van der Waals surface area contributed by atoms with Crippen molar-refractivity contribution in [2.24, 2.45) is 5.92 Å². The van der Waals surface area contributed by atoms with Crippen molar-refractivity contribution in [1.29, 1.82) is 0 Å². The molecule has 3 heteroatoms. The van der Waals surface area contributed by atoms with Crippen LogP contribution in [0.2, 0.25) is 5.02 Å². The average molecular weight is 240 g/mol. The fourth-order valence-corrected chi connectivity index (χ4v) is 2.56. The molecule has 0 amide bonds. The largest absolute Gasteiger partial charge is 0.493 e. The van der Waals surface area contributed by atoms with Gasteiger partial charge in [-0.1, -0.05) is 18.5 Å². The minimum atomic E-state index is 0.594. The third kappa shape index (κ3) is 2.50. The van der Waals surface area contributed by atoms with Crippen LogP contribution in [0.4, 0.5) is 0 Å². The molecule has 0 spiro atoms. The van der Waals surface area contributed by atoms with Gasteiger partial charge in [0.2, 0.25) is 0 Å². The third-order valence-electron chi connectivity index (χ3n) is 2.95. The molecule has 0 saturated carbocycles. The quantitative estimate of drug-likeness (QED) is 0.873. The Morgan fingerprint density at radius 2 is 2.31 bits per heavy atom. The summed E-state index contributed by atoms with van der Waals surface area (Å²) < 4.78 is 5.68. The van der Waals surface area contributed by atoms with Crippen molar-refractivity contribution < 1.29 is 4.74 Å². The van der Waals surface area contributed by atoms with E-state index in [0.29, 0.717) is 5.92 Å². The predicted octanol–water partition coefficient (Wildman–Crippen LogP) is 2.67. The van der Waals surface area contributed by atoms with Gasteiger partial charge >= 0.3 is 0 Å². The minimum absolute atomic E-state index is 0.594. The summed E-state index contributed by atoms with van der Waals surface area (Å²) in [5.41, 5.74) is 2.52. The van der Waals surface area contributed by atoms with Crippen LogP contribution < -0.4 is 10.1 Å². The van der Waals surface area contributed by atoms with E-state index < -0.39 is 0 Å². The summed E-state index contributed by atoms with van der Waals surface area (Å²) in [5.74, 6) is 1.67. The van der Waals surface area contributed by atoms with E-state index in [1.54, 1.807) is 0 Å². The minimum Gasteiger partial charge on any atom is -0.493 e. The van der Waals surface area contributed by atoms with Gasteiger partial charge in [0.25, 0.3) is 0 Å². The van der Waals surface area contributed by atoms with Gasteiger partial charge in [-0.2, -0.15) is 0 Å². The summed E-state index contributed by atoms with van der Waals surface area (Å²) in [6.07, 6.45) is 2.01. The number of rotatable bonds is 4. The summed E-state index contributed by atoms with van der Waals surface area (Å²) in [7, 11) is 1.98. The maximum absolute atomic E-state index is 6.12. The molecule has 88 valence electrons. The van der Waals surface area contributed by atoms with Crippen LogP contribution in [0.3, 0.4) is 0 Å². The summed E-state index contributed by atoms with van der Waals surface area (Å²) in [6.45, 7) is 4.04. The molecule has 1 atom stereocenters. The highest BCUT2D eigenvalue weighted by atomic mass is 35.5. The zero-order valence-electron chi connectivity index (χ0n) is 9.85. The van der Waals surface area contributed by atoms with Gasteiger partial charge in [0.1, 0.15) is 5.75 Å². The lowest BCUT2D eigenvalue weighted by Crippen LogP contribution is -2.18. The van der Waals surface area contributed by atoms with Gasteiger partial charge in [-0.3, -0.25) is 0 Å². The molecule has 1 aliphatic rings. The second-order valence-corrected chi connectivity index (χ2v) is 4.96. The van der Waals surface area contributed by atoms with Gasteiger partial charge in [-0.25, -0.2) is 0 Å². The van der Waals surface area contributed by atoms with Crippen LogP contribution in [-0.2, 0) is 12.8 Å². The first-order valence-corrected chi connectivity index (χ1v) is 6.17. The summed E-state index contributed by atoms with van der Waals surface area (Å²) in [5, 5.41) is 4.03. The molecule has 2 rings (SSSR count). The summed E-state index contributed by atoms with van der Waals surface area (Å²) >= 11 is 6.12. The number of nitrogens with one attached hydrogen (secondary N) is 1. The summed E-state index contributed by atoms with van der Waals surface area (Å²) in [4.78, 5) is 0. The lowest BCUT2D eigenvalue weighted by Gasteiger charge is -2.14. The van der Waals surface area contributed by atoms with Crippen molar-refractivity contribution in [1.82, 2.24) is 5.32 Å². The molecular weight excluding hydrogens is 222 g/mol. The molecule has 2 nitrogen and oxygen atoms in total.